The van der Waals surface area contributed by atoms with Crippen LogP contribution in [0.2, 0.25) is 0 Å². The third-order valence-corrected chi connectivity index (χ3v) is 5.73. The third-order valence-electron chi connectivity index (χ3n) is 5.73. The summed E-state index contributed by atoms with van der Waals surface area (Å²) in [6, 6.07) is 13.6. The van der Waals surface area contributed by atoms with Crippen LogP contribution in [0.15, 0.2) is 52.9 Å². The normalized spacial score (nSPS) is 13.8. The first-order chi connectivity index (χ1) is 15.4. The summed E-state index contributed by atoms with van der Waals surface area (Å²) < 4.78 is 5.81. The maximum absolute atomic E-state index is 13.4. The van der Waals surface area contributed by atoms with Crippen molar-refractivity contribution in [3.63, 3.8) is 0 Å². The van der Waals surface area contributed by atoms with E-state index in [1.807, 2.05) is 48.2 Å². The van der Waals surface area contributed by atoms with Gasteiger partial charge in [-0.3, -0.25) is 14.9 Å². The fourth-order valence-electron chi connectivity index (χ4n) is 3.97. The van der Waals surface area contributed by atoms with Gasteiger partial charge >= 0.3 is 0 Å². The second-order valence-corrected chi connectivity index (χ2v) is 8.12. The fraction of sp³-hybridized carbons (Fsp3) is 0.348. The Morgan fingerprint density at radius 3 is 2.50 bits per heavy atom. The van der Waals surface area contributed by atoms with E-state index in [9.17, 15) is 14.9 Å². The first kappa shape index (κ1) is 21.5. The van der Waals surface area contributed by atoms with Crippen LogP contribution in [0.4, 0.5) is 11.4 Å². The van der Waals surface area contributed by atoms with Crippen molar-refractivity contribution in [1.29, 1.82) is 0 Å². The van der Waals surface area contributed by atoms with Crippen molar-refractivity contribution in [3.8, 4) is 11.5 Å². The van der Waals surface area contributed by atoms with E-state index in [0.717, 1.165) is 31.4 Å². The lowest BCUT2D eigenvalue weighted by Gasteiger charge is -2.28. The van der Waals surface area contributed by atoms with Gasteiger partial charge in [-0.2, -0.15) is 0 Å². The van der Waals surface area contributed by atoms with Gasteiger partial charge in [-0.05, 0) is 43.2 Å². The Kier molecular flexibility index (Phi) is 6.16. The summed E-state index contributed by atoms with van der Waals surface area (Å²) in [5.41, 5.74) is 2.16. The number of carbonyl (C=O) groups is 1. The van der Waals surface area contributed by atoms with Crippen molar-refractivity contribution >= 4 is 17.3 Å². The third kappa shape index (κ3) is 4.61. The van der Waals surface area contributed by atoms with Gasteiger partial charge in [0.05, 0.1) is 11.5 Å². The number of nitro benzene ring substituents is 1. The molecule has 0 atom stereocenters. The number of rotatable bonds is 7. The zero-order valence-corrected chi connectivity index (χ0v) is 18.1. The minimum absolute atomic E-state index is 0.00792. The molecule has 2 aromatic carbocycles. The van der Waals surface area contributed by atoms with Gasteiger partial charge in [-0.25, -0.2) is 0 Å². The highest BCUT2D eigenvalue weighted by Gasteiger charge is 2.29. The van der Waals surface area contributed by atoms with E-state index in [2.05, 4.69) is 10.2 Å². The van der Waals surface area contributed by atoms with E-state index in [0.29, 0.717) is 17.0 Å². The number of benzene rings is 2. The van der Waals surface area contributed by atoms with Crippen LogP contribution in [0, 0.1) is 10.1 Å². The molecule has 0 radical (unpaired) electrons. The van der Waals surface area contributed by atoms with Crippen molar-refractivity contribution in [3.05, 3.63) is 70.1 Å². The Bertz CT molecular complexity index is 1100. The molecule has 1 aliphatic rings. The smallest absolute Gasteiger partial charge is 0.269 e. The number of nitro groups is 1. The van der Waals surface area contributed by atoms with Crippen LogP contribution in [-0.2, 0) is 6.54 Å². The summed E-state index contributed by atoms with van der Waals surface area (Å²) in [6.45, 7) is 0.218. The number of non-ortho nitro benzene ring substituents is 1. The van der Waals surface area contributed by atoms with Gasteiger partial charge in [0.1, 0.15) is 0 Å². The second kappa shape index (κ2) is 9.17. The highest BCUT2D eigenvalue weighted by atomic mass is 16.6. The molecule has 0 bridgehead atoms. The summed E-state index contributed by atoms with van der Waals surface area (Å²) in [5.74, 6) is 0.543. The predicted molar refractivity (Wildman–Crippen MR) is 119 cm³/mol. The van der Waals surface area contributed by atoms with E-state index < -0.39 is 4.92 Å². The fourth-order valence-corrected chi connectivity index (χ4v) is 3.97. The molecule has 9 nitrogen and oxygen atoms in total. The van der Waals surface area contributed by atoms with Crippen LogP contribution < -0.4 is 4.90 Å². The Balaban J connectivity index is 1.57. The summed E-state index contributed by atoms with van der Waals surface area (Å²) in [7, 11) is 3.88. The van der Waals surface area contributed by atoms with Crippen LogP contribution in [0.3, 0.4) is 0 Å². The van der Waals surface area contributed by atoms with Gasteiger partial charge in [0.25, 0.3) is 11.6 Å². The van der Waals surface area contributed by atoms with Gasteiger partial charge in [0.15, 0.2) is 0 Å². The van der Waals surface area contributed by atoms with Crippen LogP contribution in [0.1, 0.15) is 41.9 Å². The van der Waals surface area contributed by atoms with E-state index in [1.54, 1.807) is 12.1 Å². The van der Waals surface area contributed by atoms with Gasteiger partial charge in [-0.1, -0.05) is 18.9 Å². The average molecular weight is 435 g/mol. The van der Waals surface area contributed by atoms with Gasteiger partial charge in [0, 0.05) is 49.1 Å². The molecule has 166 valence electrons. The molecule has 1 saturated carbocycles. The Morgan fingerprint density at radius 1 is 1.12 bits per heavy atom. The molecule has 1 aliphatic carbocycles. The average Bonchev–Trinajstić information content (AvgIpc) is 3.49. The number of nitrogens with zero attached hydrogens (tertiary/aromatic N) is 5. The van der Waals surface area contributed by atoms with Gasteiger partial charge < -0.3 is 14.2 Å². The lowest BCUT2D eigenvalue weighted by atomic mass is 10.1. The molecule has 1 aromatic heterocycles. The molecular formula is C23H25N5O4. The first-order valence-electron chi connectivity index (χ1n) is 10.6. The molecule has 1 heterocycles. The molecule has 1 amide bonds. The maximum Gasteiger partial charge on any atom is 0.269 e. The number of anilines is 1. The quantitative estimate of drug-likeness (QED) is 0.402. The Labute approximate surface area is 185 Å². The number of aromatic nitrogens is 2. The Morgan fingerprint density at radius 2 is 1.84 bits per heavy atom. The molecule has 0 saturated heterocycles. The summed E-state index contributed by atoms with van der Waals surface area (Å²) in [5, 5.41) is 19.1. The number of hydrogen-bond acceptors (Lipinski definition) is 7. The standard InChI is InChI=1S/C23H25N5O4/c1-26(2)20-9-5-6-17(14-20)23(29)27(18-7-3-4-8-18)15-21-24-25-22(32-21)16-10-12-19(13-11-16)28(30)31/h5-6,9-14,18H,3-4,7-8,15H2,1-2H3. The minimum atomic E-state index is -0.459. The minimum Gasteiger partial charge on any atom is -0.419 e. The van der Waals surface area contributed by atoms with Gasteiger partial charge in [0.2, 0.25) is 11.8 Å². The van der Waals surface area contributed by atoms with Crippen molar-refractivity contribution in [2.24, 2.45) is 0 Å². The maximum atomic E-state index is 13.4. The zero-order valence-electron chi connectivity index (χ0n) is 18.1. The van der Waals surface area contributed by atoms with Crippen molar-refractivity contribution in [2.75, 3.05) is 19.0 Å². The van der Waals surface area contributed by atoms with E-state index >= 15 is 0 Å². The number of amides is 1. The number of hydrogen-bond donors (Lipinski definition) is 0. The summed E-state index contributed by atoms with van der Waals surface area (Å²) >= 11 is 0. The van der Waals surface area contributed by atoms with Gasteiger partial charge in [-0.15, -0.1) is 10.2 Å². The van der Waals surface area contributed by atoms with Crippen LogP contribution >= 0.6 is 0 Å². The highest BCUT2D eigenvalue weighted by Crippen LogP contribution is 2.28. The molecule has 0 unspecified atom stereocenters. The lowest BCUT2D eigenvalue weighted by molar-refractivity contribution is -0.384. The van der Waals surface area contributed by atoms with Crippen LogP contribution in [0.25, 0.3) is 11.5 Å². The summed E-state index contributed by atoms with van der Waals surface area (Å²) in [6.07, 6.45) is 4.07. The number of carbonyl (C=O) groups excluding carboxylic acids is 1. The molecule has 1 fully saturated rings. The van der Waals surface area contributed by atoms with E-state index in [-0.39, 0.29) is 30.1 Å². The Hall–Kier alpha value is -3.75. The SMILES string of the molecule is CN(C)c1cccc(C(=O)N(Cc2nnc(-c3ccc([N+](=O)[O-])cc3)o2)C2CCCC2)c1. The molecule has 32 heavy (non-hydrogen) atoms. The monoisotopic (exact) mass is 435 g/mol. The van der Waals surface area contributed by atoms with Crippen molar-refractivity contribution in [2.45, 2.75) is 38.3 Å². The molecular weight excluding hydrogens is 410 g/mol. The summed E-state index contributed by atoms with van der Waals surface area (Å²) in [4.78, 5) is 27.6. The van der Waals surface area contributed by atoms with E-state index in [4.69, 9.17) is 4.42 Å². The first-order valence-corrected chi connectivity index (χ1v) is 10.6. The molecule has 0 spiro atoms. The van der Waals surface area contributed by atoms with Crippen LogP contribution in [0.5, 0.6) is 0 Å². The van der Waals surface area contributed by atoms with Crippen molar-refractivity contribution in [1.82, 2.24) is 15.1 Å². The molecule has 9 heteroatoms. The second-order valence-electron chi connectivity index (χ2n) is 8.12. The molecule has 3 aromatic rings. The lowest BCUT2D eigenvalue weighted by Crippen LogP contribution is -2.38. The zero-order chi connectivity index (χ0) is 22.7. The topological polar surface area (TPSA) is 106 Å². The van der Waals surface area contributed by atoms with Crippen molar-refractivity contribution < 1.29 is 14.1 Å². The molecule has 0 N–H and O–H groups in total. The molecule has 0 aliphatic heterocycles. The van der Waals surface area contributed by atoms with Crippen LogP contribution in [-0.4, -0.2) is 46.1 Å². The predicted octanol–water partition coefficient (Wildman–Crippen LogP) is 4.30. The molecule has 4 rings (SSSR count). The van der Waals surface area contributed by atoms with E-state index in [1.165, 1.54) is 12.1 Å². The highest BCUT2D eigenvalue weighted by molar-refractivity contribution is 5.95. The largest absolute Gasteiger partial charge is 0.419 e.